The third-order valence-corrected chi connectivity index (χ3v) is 1.76. The highest BCUT2D eigenvalue weighted by molar-refractivity contribution is 5.81. The molecule has 0 aromatic carbocycles. The van der Waals surface area contributed by atoms with Gasteiger partial charge in [-0.1, -0.05) is 30.9 Å². The number of ether oxygens (including phenoxy) is 2. The summed E-state index contributed by atoms with van der Waals surface area (Å²) in [5.41, 5.74) is 0. The van der Waals surface area contributed by atoms with Gasteiger partial charge < -0.3 is 9.47 Å². The highest BCUT2D eigenvalue weighted by Crippen LogP contribution is 2.10. The summed E-state index contributed by atoms with van der Waals surface area (Å²) in [5.74, 6) is -1.17. The lowest BCUT2D eigenvalue weighted by Gasteiger charge is -2.07. The van der Waals surface area contributed by atoms with E-state index in [0.717, 1.165) is 6.08 Å². The molecule has 0 heterocycles. The van der Waals surface area contributed by atoms with Crippen LogP contribution in [0, 0.1) is 5.92 Å². The average Bonchev–Trinajstić information content (AvgIpc) is 2.77. The van der Waals surface area contributed by atoms with Crippen LogP contribution in [-0.4, -0.2) is 25.2 Å². The van der Waals surface area contributed by atoms with Gasteiger partial charge in [0, 0.05) is 6.08 Å². The van der Waals surface area contributed by atoms with Gasteiger partial charge in [0.25, 0.3) is 0 Å². The molecule has 1 aliphatic carbocycles. The summed E-state index contributed by atoms with van der Waals surface area (Å²) in [6.45, 7) is 3.36. The van der Waals surface area contributed by atoms with Gasteiger partial charge in [0.2, 0.25) is 0 Å². The summed E-state index contributed by atoms with van der Waals surface area (Å²) < 4.78 is 9.50. The summed E-state index contributed by atoms with van der Waals surface area (Å²) in [4.78, 5) is 21.9. The van der Waals surface area contributed by atoms with Gasteiger partial charge in [-0.3, -0.25) is 4.79 Å². The van der Waals surface area contributed by atoms with Crippen LogP contribution < -0.4 is 0 Å². The minimum atomic E-state index is -0.522. The van der Waals surface area contributed by atoms with Gasteiger partial charge in [0.15, 0.2) is 0 Å². The summed E-state index contributed by atoms with van der Waals surface area (Å²) in [6.07, 6.45) is 8.09. The van der Waals surface area contributed by atoms with E-state index in [1.807, 2.05) is 0 Å². The van der Waals surface area contributed by atoms with Crippen LogP contribution in [0.4, 0.5) is 0 Å². The topological polar surface area (TPSA) is 52.6 Å². The van der Waals surface area contributed by atoms with Gasteiger partial charge in [0.1, 0.15) is 13.2 Å². The number of hydrogen-bond donors (Lipinski definition) is 0. The molecule has 0 radical (unpaired) electrons. The van der Waals surface area contributed by atoms with Crippen molar-refractivity contribution in [3.8, 4) is 0 Å². The molecule has 15 heavy (non-hydrogen) atoms. The van der Waals surface area contributed by atoms with Crippen molar-refractivity contribution >= 4 is 11.9 Å². The maximum Gasteiger partial charge on any atom is 0.330 e. The van der Waals surface area contributed by atoms with Crippen molar-refractivity contribution in [3.63, 3.8) is 0 Å². The maximum atomic E-state index is 11.3. The number of carbonyl (C=O) groups is 2. The van der Waals surface area contributed by atoms with Gasteiger partial charge in [-0.05, 0) is 0 Å². The predicted molar refractivity (Wildman–Crippen MR) is 53.9 cm³/mol. The van der Waals surface area contributed by atoms with E-state index >= 15 is 0 Å². The molecule has 0 amide bonds. The van der Waals surface area contributed by atoms with E-state index in [4.69, 9.17) is 4.74 Å². The summed E-state index contributed by atoms with van der Waals surface area (Å²) in [6, 6.07) is 0. The Morgan fingerprint density at radius 2 is 1.80 bits per heavy atom. The SMILES string of the molecule is C=CC(=O)OCCOC(=O)C1C=CC=C1. The van der Waals surface area contributed by atoms with Gasteiger partial charge in [-0.2, -0.15) is 0 Å². The van der Waals surface area contributed by atoms with Crippen molar-refractivity contribution in [2.45, 2.75) is 0 Å². The van der Waals surface area contributed by atoms with Gasteiger partial charge >= 0.3 is 11.9 Å². The molecule has 0 spiro atoms. The monoisotopic (exact) mass is 208 g/mol. The van der Waals surface area contributed by atoms with E-state index in [1.165, 1.54) is 0 Å². The van der Waals surface area contributed by atoms with Crippen molar-refractivity contribution in [1.82, 2.24) is 0 Å². The van der Waals surface area contributed by atoms with Crippen LogP contribution in [0.25, 0.3) is 0 Å². The zero-order chi connectivity index (χ0) is 11.1. The molecule has 0 saturated carbocycles. The largest absolute Gasteiger partial charge is 0.461 e. The standard InChI is InChI=1S/C11H12O4/c1-2-10(12)14-7-8-15-11(13)9-5-3-4-6-9/h2-6,9H,1,7-8H2. The second kappa shape index (κ2) is 5.80. The van der Waals surface area contributed by atoms with Gasteiger partial charge in [0.05, 0.1) is 5.92 Å². The lowest BCUT2D eigenvalue weighted by Crippen LogP contribution is -2.17. The van der Waals surface area contributed by atoms with E-state index in [1.54, 1.807) is 24.3 Å². The Labute approximate surface area is 87.9 Å². The van der Waals surface area contributed by atoms with Crippen LogP contribution in [0.5, 0.6) is 0 Å². The Morgan fingerprint density at radius 3 is 2.40 bits per heavy atom. The first-order chi connectivity index (χ1) is 7.24. The Morgan fingerprint density at radius 1 is 1.20 bits per heavy atom. The Balaban J connectivity index is 2.12. The Kier molecular flexibility index (Phi) is 4.34. The fraction of sp³-hybridized carbons (Fsp3) is 0.273. The van der Waals surface area contributed by atoms with Crippen LogP contribution in [0.1, 0.15) is 0 Å². The third-order valence-electron chi connectivity index (χ3n) is 1.76. The lowest BCUT2D eigenvalue weighted by molar-refractivity contribution is -0.150. The Bertz CT molecular complexity index is 303. The zero-order valence-corrected chi connectivity index (χ0v) is 8.22. The van der Waals surface area contributed by atoms with Crippen molar-refractivity contribution in [3.05, 3.63) is 37.0 Å². The van der Waals surface area contributed by atoms with Crippen LogP contribution in [0.2, 0.25) is 0 Å². The van der Waals surface area contributed by atoms with E-state index in [0.29, 0.717) is 0 Å². The minimum absolute atomic E-state index is 0.0523. The van der Waals surface area contributed by atoms with E-state index in [9.17, 15) is 9.59 Å². The molecule has 0 saturated heterocycles. The molecule has 0 bridgehead atoms. The number of allylic oxidation sites excluding steroid dienone is 2. The van der Waals surface area contributed by atoms with Crippen LogP contribution >= 0.6 is 0 Å². The molecule has 0 fully saturated rings. The maximum absolute atomic E-state index is 11.3. The van der Waals surface area contributed by atoms with Gasteiger partial charge in [-0.25, -0.2) is 4.79 Å². The fourth-order valence-electron chi connectivity index (χ4n) is 1.03. The number of hydrogen-bond acceptors (Lipinski definition) is 4. The van der Waals surface area contributed by atoms with E-state index in [2.05, 4.69) is 11.3 Å². The molecule has 0 aliphatic heterocycles. The first-order valence-electron chi connectivity index (χ1n) is 4.55. The van der Waals surface area contributed by atoms with Crippen molar-refractivity contribution in [2.75, 3.05) is 13.2 Å². The lowest BCUT2D eigenvalue weighted by atomic mass is 10.2. The molecule has 4 heteroatoms. The molecule has 1 aliphatic rings. The molecular weight excluding hydrogens is 196 g/mol. The van der Waals surface area contributed by atoms with Crippen molar-refractivity contribution in [2.24, 2.45) is 5.92 Å². The van der Waals surface area contributed by atoms with Crippen LogP contribution in [0.3, 0.4) is 0 Å². The van der Waals surface area contributed by atoms with Crippen LogP contribution in [0.15, 0.2) is 37.0 Å². The number of esters is 2. The molecule has 0 atom stereocenters. The summed E-state index contributed by atoms with van der Waals surface area (Å²) >= 11 is 0. The predicted octanol–water partition coefficient (Wildman–Crippen LogP) is 1.00. The second-order valence-electron chi connectivity index (χ2n) is 2.83. The molecule has 0 aromatic heterocycles. The number of carbonyl (C=O) groups excluding carboxylic acids is 2. The number of rotatable bonds is 5. The molecule has 0 unspecified atom stereocenters. The van der Waals surface area contributed by atoms with E-state index < -0.39 is 5.97 Å². The van der Waals surface area contributed by atoms with Crippen molar-refractivity contribution < 1.29 is 19.1 Å². The quantitative estimate of drug-likeness (QED) is 0.384. The summed E-state index contributed by atoms with van der Waals surface area (Å²) in [5, 5.41) is 0. The highest BCUT2D eigenvalue weighted by Gasteiger charge is 2.15. The molecule has 4 nitrogen and oxygen atoms in total. The molecule has 0 N–H and O–H groups in total. The van der Waals surface area contributed by atoms with E-state index in [-0.39, 0.29) is 25.1 Å². The second-order valence-corrected chi connectivity index (χ2v) is 2.83. The first-order valence-corrected chi connectivity index (χ1v) is 4.55. The van der Waals surface area contributed by atoms with Crippen molar-refractivity contribution in [1.29, 1.82) is 0 Å². The third kappa shape index (κ3) is 3.81. The average molecular weight is 208 g/mol. The minimum Gasteiger partial charge on any atom is -0.461 e. The molecular formula is C11H12O4. The summed E-state index contributed by atoms with van der Waals surface area (Å²) in [7, 11) is 0. The fourth-order valence-corrected chi connectivity index (χ4v) is 1.03. The molecule has 1 rings (SSSR count). The smallest absolute Gasteiger partial charge is 0.330 e. The Hall–Kier alpha value is -1.84. The first kappa shape index (κ1) is 11.2. The molecule has 80 valence electrons. The normalized spacial score (nSPS) is 13.9. The zero-order valence-electron chi connectivity index (χ0n) is 8.22. The van der Waals surface area contributed by atoms with Crippen LogP contribution in [-0.2, 0) is 19.1 Å². The molecule has 0 aromatic rings. The van der Waals surface area contributed by atoms with Gasteiger partial charge in [-0.15, -0.1) is 0 Å². The highest BCUT2D eigenvalue weighted by atomic mass is 16.6.